The predicted molar refractivity (Wildman–Crippen MR) is 79.8 cm³/mol. The lowest BCUT2D eigenvalue weighted by atomic mass is 9.89. The summed E-state index contributed by atoms with van der Waals surface area (Å²) in [4.78, 5) is 0. The van der Waals surface area contributed by atoms with Gasteiger partial charge in [0.15, 0.2) is 0 Å². The Morgan fingerprint density at radius 2 is 1.95 bits per heavy atom. The molecular formula is C18H20O2. The van der Waals surface area contributed by atoms with Crippen LogP contribution in [0.2, 0.25) is 0 Å². The van der Waals surface area contributed by atoms with Crippen molar-refractivity contribution in [2.24, 2.45) is 0 Å². The highest BCUT2D eigenvalue weighted by molar-refractivity contribution is 5.38. The quantitative estimate of drug-likeness (QED) is 0.904. The molecule has 0 fully saturated rings. The third-order valence-corrected chi connectivity index (χ3v) is 3.98. The SMILES string of the molecule is CC(Oc1ccc2c(c1)[C@@H](O)CCC2)c1ccccc1. The van der Waals surface area contributed by atoms with Gasteiger partial charge >= 0.3 is 0 Å². The second kappa shape index (κ2) is 5.68. The van der Waals surface area contributed by atoms with E-state index < -0.39 is 0 Å². The fraction of sp³-hybridized carbons (Fsp3) is 0.333. The van der Waals surface area contributed by atoms with E-state index in [1.165, 1.54) is 5.56 Å². The smallest absolute Gasteiger partial charge is 0.121 e. The van der Waals surface area contributed by atoms with Gasteiger partial charge in [0.2, 0.25) is 0 Å². The molecule has 0 spiro atoms. The summed E-state index contributed by atoms with van der Waals surface area (Å²) in [6, 6.07) is 16.3. The van der Waals surface area contributed by atoms with Crippen molar-refractivity contribution in [2.75, 3.05) is 0 Å². The van der Waals surface area contributed by atoms with Crippen LogP contribution >= 0.6 is 0 Å². The molecule has 2 heteroatoms. The van der Waals surface area contributed by atoms with Crippen molar-refractivity contribution in [3.05, 3.63) is 65.2 Å². The number of ether oxygens (including phenoxy) is 1. The van der Waals surface area contributed by atoms with Gasteiger partial charge in [0.05, 0.1) is 6.10 Å². The molecule has 0 radical (unpaired) electrons. The first-order chi connectivity index (χ1) is 9.74. The number of aliphatic hydroxyl groups excluding tert-OH is 1. The minimum absolute atomic E-state index is 0.00924. The van der Waals surface area contributed by atoms with Crippen LogP contribution in [0.4, 0.5) is 0 Å². The first kappa shape index (κ1) is 13.2. The monoisotopic (exact) mass is 268 g/mol. The molecule has 2 aromatic carbocycles. The first-order valence-electron chi connectivity index (χ1n) is 7.26. The largest absolute Gasteiger partial charge is 0.486 e. The van der Waals surface area contributed by atoms with Crippen molar-refractivity contribution in [3.63, 3.8) is 0 Å². The van der Waals surface area contributed by atoms with Crippen molar-refractivity contribution in [1.82, 2.24) is 0 Å². The third-order valence-electron chi connectivity index (χ3n) is 3.98. The summed E-state index contributed by atoms with van der Waals surface area (Å²) < 4.78 is 6.00. The highest BCUT2D eigenvalue weighted by Crippen LogP contribution is 2.33. The molecular weight excluding hydrogens is 248 g/mol. The fourth-order valence-corrected chi connectivity index (χ4v) is 2.82. The Labute approximate surface area is 120 Å². The third kappa shape index (κ3) is 2.70. The number of aryl methyl sites for hydroxylation is 1. The molecule has 0 heterocycles. The van der Waals surface area contributed by atoms with Crippen LogP contribution in [0, 0.1) is 0 Å². The lowest BCUT2D eigenvalue weighted by Crippen LogP contribution is -2.10. The van der Waals surface area contributed by atoms with Gasteiger partial charge in [-0.15, -0.1) is 0 Å². The molecule has 0 amide bonds. The Morgan fingerprint density at radius 3 is 2.75 bits per heavy atom. The predicted octanol–water partition coefficient (Wildman–Crippen LogP) is 4.20. The molecule has 2 aromatic rings. The molecule has 1 aliphatic carbocycles. The Hall–Kier alpha value is -1.80. The number of aliphatic hydroxyl groups is 1. The Morgan fingerprint density at radius 1 is 1.15 bits per heavy atom. The highest BCUT2D eigenvalue weighted by atomic mass is 16.5. The van der Waals surface area contributed by atoms with Gasteiger partial charge in [-0.05, 0) is 55.0 Å². The molecule has 1 unspecified atom stereocenters. The van der Waals surface area contributed by atoms with Crippen LogP contribution in [0.5, 0.6) is 5.75 Å². The summed E-state index contributed by atoms with van der Waals surface area (Å²) in [6.45, 7) is 2.05. The van der Waals surface area contributed by atoms with E-state index in [9.17, 15) is 5.11 Å². The molecule has 0 aromatic heterocycles. The first-order valence-corrected chi connectivity index (χ1v) is 7.26. The molecule has 104 valence electrons. The molecule has 0 aliphatic heterocycles. The zero-order valence-corrected chi connectivity index (χ0v) is 11.8. The van der Waals surface area contributed by atoms with Gasteiger partial charge in [-0.3, -0.25) is 0 Å². The molecule has 20 heavy (non-hydrogen) atoms. The number of hydrogen-bond acceptors (Lipinski definition) is 2. The van der Waals surface area contributed by atoms with Crippen molar-refractivity contribution in [3.8, 4) is 5.75 Å². The maximum atomic E-state index is 10.1. The molecule has 1 N–H and O–H groups in total. The van der Waals surface area contributed by atoms with Crippen LogP contribution in [-0.2, 0) is 6.42 Å². The summed E-state index contributed by atoms with van der Waals surface area (Å²) in [5, 5.41) is 10.1. The average Bonchev–Trinajstić information content (AvgIpc) is 2.49. The second-order valence-corrected chi connectivity index (χ2v) is 5.44. The van der Waals surface area contributed by atoms with Crippen LogP contribution in [0.25, 0.3) is 0 Å². The van der Waals surface area contributed by atoms with Crippen LogP contribution in [-0.4, -0.2) is 5.11 Å². The molecule has 1 aliphatic rings. The zero-order valence-electron chi connectivity index (χ0n) is 11.8. The number of fused-ring (bicyclic) bond motifs is 1. The molecule has 0 bridgehead atoms. The Bertz CT molecular complexity index is 577. The van der Waals surface area contributed by atoms with E-state index in [0.717, 1.165) is 36.1 Å². The topological polar surface area (TPSA) is 29.5 Å². The van der Waals surface area contributed by atoms with E-state index in [1.54, 1.807) is 0 Å². The fourth-order valence-electron chi connectivity index (χ4n) is 2.82. The molecule has 0 saturated heterocycles. The van der Waals surface area contributed by atoms with Crippen molar-refractivity contribution >= 4 is 0 Å². The van der Waals surface area contributed by atoms with Crippen molar-refractivity contribution in [1.29, 1.82) is 0 Å². The van der Waals surface area contributed by atoms with E-state index in [1.807, 2.05) is 37.3 Å². The van der Waals surface area contributed by atoms with E-state index >= 15 is 0 Å². The summed E-state index contributed by atoms with van der Waals surface area (Å²) in [6.07, 6.45) is 2.64. The summed E-state index contributed by atoms with van der Waals surface area (Å²) in [5.41, 5.74) is 3.45. The van der Waals surface area contributed by atoms with E-state index in [-0.39, 0.29) is 12.2 Å². The van der Waals surface area contributed by atoms with Gasteiger partial charge in [0.25, 0.3) is 0 Å². The van der Waals surface area contributed by atoms with Crippen molar-refractivity contribution < 1.29 is 9.84 Å². The zero-order chi connectivity index (χ0) is 13.9. The molecule has 2 nitrogen and oxygen atoms in total. The summed E-state index contributed by atoms with van der Waals surface area (Å²) >= 11 is 0. The normalized spacial score (nSPS) is 19.2. The Balaban J connectivity index is 1.80. The standard InChI is InChI=1S/C18H20O2/c1-13(14-6-3-2-4-7-14)20-16-11-10-15-8-5-9-18(19)17(15)12-16/h2-4,6-7,10-13,18-19H,5,8-9H2,1H3/t13?,18-/m0/s1. The molecule has 0 saturated carbocycles. The average molecular weight is 268 g/mol. The minimum atomic E-state index is -0.339. The lowest BCUT2D eigenvalue weighted by molar-refractivity contribution is 0.155. The van der Waals surface area contributed by atoms with Crippen LogP contribution in [0.15, 0.2) is 48.5 Å². The van der Waals surface area contributed by atoms with Crippen LogP contribution in [0.3, 0.4) is 0 Å². The summed E-state index contributed by atoms with van der Waals surface area (Å²) in [7, 11) is 0. The van der Waals surface area contributed by atoms with E-state index in [2.05, 4.69) is 18.2 Å². The highest BCUT2D eigenvalue weighted by Gasteiger charge is 2.19. The van der Waals surface area contributed by atoms with E-state index in [4.69, 9.17) is 4.74 Å². The maximum absolute atomic E-state index is 10.1. The van der Waals surface area contributed by atoms with Gasteiger partial charge in [-0.1, -0.05) is 36.4 Å². The Kier molecular flexibility index (Phi) is 3.75. The lowest BCUT2D eigenvalue weighted by Gasteiger charge is -2.23. The summed E-state index contributed by atoms with van der Waals surface area (Å²) in [5.74, 6) is 0.834. The van der Waals surface area contributed by atoms with Gasteiger partial charge in [0.1, 0.15) is 11.9 Å². The van der Waals surface area contributed by atoms with Gasteiger partial charge in [-0.25, -0.2) is 0 Å². The molecule has 3 rings (SSSR count). The van der Waals surface area contributed by atoms with Gasteiger partial charge in [-0.2, -0.15) is 0 Å². The maximum Gasteiger partial charge on any atom is 0.121 e. The minimum Gasteiger partial charge on any atom is -0.486 e. The second-order valence-electron chi connectivity index (χ2n) is 5.44. The van der Waals surface area contributed by atoms with Crippen molar-refractivity contribution in [2.45, 2.75) is 38.4 Å². The van der Waals surface area contributed by atoms with E-state index in [0.29, 0.717) is 0 Å². The molecule has 2 atom stereocenters. The number of benzene rings is 2. The van der Waals surface area contributed by atoms with Crippen LogP contribution < -0.4 is 4.74 Å². The van der Waals surface area contributed by atoms with Gasteiger partial charge < -0.3 is 9.84 Å². The number of hydrogen-bond donors (Lipinski definition) is 1. The van der Waals surface area contributed by atoms with Crippen LogP contribution in [0.1, 0.15) is 48.7 Å². The number of rotatable bonds is 3. The van der Waals surface area contributed by atoms with Gasteiger partial charge in [0, 0.05) is 0 Å².